The van der Waals surface area contributed by atoms with E-state index in [1.165, 1.54) is 0 Å². The maximum absolute atomic E-state index is 12.4. The minimum absolute atomic E-state index is 0.0155. The number of hydrogen-bond donors (Lipinski definition) is 1. The van der Waals surface area contributed by atoms with Gasteiger partial charge in [-0.2, -0.15) is 0 Å². The topological polar surface area (TPSA) is 54.5 Å². The van der Waals surface area contributed by atoms with Crippen LogP contribution in [0.4, 0.5) is 5.82 Å². The van der Waals surface area contributed by atoms with E-state index in [-0.39, 0.29) is 18.1 Å². The summed E-state index contributed by atoms with van der Waals surface area (Å²) in [5.41, 5.74) is 2.01. The van der Waals surface area contributed by atoms with Crippen molar-refractivity contribution in [3.8, 4) is 0 Å². The molecule has 1 aromatic heterocycles. The Morgan fingerprint density at radius 3 is 2.83 bits per heavy atom. The summed E-state index contributed by atoms with van der Waals surface area (Å²) in [5, 5.41) is 4.11. The fourth-order valence-corrected chi connectivity index (χ4v) is 3.10. The number of anilines is 1. The predicted molar refractivity (Wildman–Crippen MR) is 96.1 cm³/mol. The van der Waals surface area contributed by atoms with E-state index < -0.39 is 0 Å². The van der Waals surface area contributed by atoms with Gasteiger partial charge in [0.1, 0.15) is 11.9 Å². The number of benzene rings is 1. The third-order valence-corrected chi connectivity index (χ3v) is 4.55. The van der Waals surface area contributed by atoms with Gasteiger partial charge in [0.15, 0.2) is 0 Å². The van der Waals surface area contributed by atoms with Crippen LogP contribution in [0, 0.1) is 0 Å². The van der Waals surface area contributed by atoms with Crippen molar-refractivity contribution in [2.75, 3.05) is 19.0 Å². The first kappa shape index (κ1) is 16.7. The van der Waals surface area contributed by atoms with Gasteiger partial charge in [-0.25, -0.2) is 4.98 Å². The molecule has 1 amide bonds. The zero-order valence-electron chi connectivity index (χ0n) is 14.6. The molecule has 1 N–H and O–H groups in total. The van der Waals surface area contributed by atoms with Crippen LogP contribution in [0.1, 0.15) is 31.7 Å². The van der Waals surface area contributed by atoms with Gasteiger partial charge in [0.05, 0.1) is 11.6 Å². The summed E-state index contributed by atoms with van der Waals surface area (Å²) in [5.74, 6) is 0.874. The molecule has 1 fully saturated rings. The Balaban J connectivity index is 1.76. The predicted octanol–water partition coefficient (Wildman–Crippen LogP) is 2.87. The van der Waals surface area contributed by atoms with E-state index in [0.29, 0.717) is 6.54 Å². The Hall–Kier alpha value is -2.14. The SMILES string of the molecule is CC[C@@H]1CC[C@@H](C(=O)NCc2cc(N(C)C)nc3ccccc23)O1. The lowest BCUT2D eigenvalue weighted by molar-refractivity contribution is -0.132. The number of ether oxygens (including phenoxy) is 1. The Kier molecular flexibility index (Phi) is 5.00. The molecule has 0 saturated carbocycles. The summed E-state index contributed by atoms with van der Waals surface area (Å²) in [6.45, 7) is 2.58. The second-order valence-electron chi connectivity index (χ2n) is 6.50. The van der Waals surface area contributed by atoms with Crippen LogP contribution in [-0.2, 0) is 16.1 Å². The number of nitrogens with one attached hydrogen (secondary N) is 1. The smallest absolute Gasteiger partial charge is 0.249 e. The second kappa shape index (κ2) is 7.18. The molecule has 1 aliphatic rings. The monoisotopic (exact) mass is 327 g/mol. The molecule has 0 aliphatic carbocycles. The van der Waals surface area contributed by atoms with Gasteiger partial charge >= 0.3 is 0 Å². The van der Waals surface area contributed by atoms with Crippen LogP contribution in [0.3, 0.4) is 0 Å². The van der Waals surface area contributed by atoms with Crippen molar-refractivity contribution in [1.82, 2.24) is 10.3 Å². The van der Waals surface area contributed by atoms with Crippen LogP contribution in [-0.4, -0.2) is 37.2 Å². The van der Waals surface area contributed by atoms with Crippen molar-refractivity contribution < 1.29 is 9.53 Å². The van der Waals surface area contributed by atoms with E-state index >= 15 is 0 Å². The minimum atomic E-state index is -0.309. The molecule has 24 heavy (non-hydrogen) atoms. The van der Waals surface area contributed by atoms with Crippen molar-refractivity contribution >= 4 is 22.6 Å². The molecule has 1 saturated heterocycles. The zero-order valence-corrected chi connectivity index (χ0v) is 14.6. The second-order valence-corrected chi connectivity index (χ2v) is 6.50. The Morgan fingerprint density at radius 2 is 2.12 bits per heavy atom. The number of carbonyl (C=O) groups is 1. The van der Waals surface area contributed by atoms with E-state index in [4.69, 9.17) is 4.74 Å². The molecule has 2 aromatic rings. The Bertz CT molecular complexity index is 730. The number of amides is 1. The molecule has 0 bridgehead atoms. The fraction of sp³-hybridized carbons (Fsp3) is 0.474. The lowest BCUT2D eigenvalue weighted by atomic mass is 10.1. The summed E-state index contributed by atoms with van der Waals surface area (Å²) in [7, 11) is 3.94. The molecule has 1 aromatic carbocycles. The first-order chi connectivity index (χ1) is 11.6. The number of fused-ring (bicyclic) bond motifs is 1. The molecule has 3 rings (SSSR count). The number of nitrogens with zero attached hydrogens (tertiary/aromatic N) is 2. The van der Waals surface area contributed by atoms with Crippen LogP contribution in [0.25, 0.3) is 10.9 Å². The van der Waals surface area contributed by atoms with Gasteiger partial charge in [-0.3, -0.25) is 4.79 Å². The molecule has 2 heterocycles. The summed E-state index contributed by atoms with van der Waals surface area (Å²) >= 11 is 0. The standard InChI is InChI=1S/C19H25N3O2/c1-4-14-9-10-17(24-14)19(23)20-12-13-11-18(22(2)3)21-16-8-6-5-7-15(13)16/h5-8,11,14,17H,4,9-10,12H2,1-3H3,(H,20,23)/t14-,17+/m1/s1. The van der Waals surface area contributed by atoms with E-state index in [1.54, 1.807) is 0 Å². The zero-order chi connectivity index (χ0) is 17.1. The molecule has 0 unspecified atom stereocenters. The lowest BCUT2D eigenvalue weighted by Crippen LogP contribution is -2.34. The van der Waals surface area contributed by atoms with Crippen molar-refractivity contribution in [2.24, 2.45) is 0 Å². The molecule has 1 aliphatic heterocycles. The van der Waals surface area contributed by atoms with E-state index in [0.717, 1.165) is 41.5 Å². The molecule has 2 atom stereocenters. The molecule has 0 spiro atoms. The van der Waals surface area contributed by atoms with E-state index in [1.807, 2.05) is 49.3 Å². The Morgan fingerprint density at radius 1 is 1.33 bits per heavy atom. The molecular formula is C19H25N3O2. The maximum atomic E-state index is 12.4. The van der Waals surface area contributed by atoms with Gasteiger partial charge in [0, 0.05) is 26.0 Å². The number of pyridine rings is 1. The highest BCUT2D eigenvalue weighted by Crippen LogP contribution is 2.24. The van der Waals surface area contributed by atoms with Gasteiger partial charge in [0.2, 0.25) is 5.91 Å². The van der Waals surface area contributed by atoms with Gasteiger partial charge in [-0.05, 0) is 37.0 Å². The van der Waals surface area contributed by atoms with E-state index in [9.17, 15) is 4.79 Å². The highest BCUT2D eigenvalue weighted by Gasteiger charge is 2.29. The van der Waals surface area contributed by atoms with Gasteiger partial charge in [0.25, 0.3) is 0 Å². The fourth-order valence-electron chi connectivity index (χ4n) is 3.10. The van der Waals surface area contributed by atoms with E-state index in [2.05, 4.69) is 17.2 Å². The first-order valence-electron chi connectivity index (χ1n) is 8.57. The molecular weight excluding hydrogens is 302 g/mol. The van der Waals surface area contributed by atoms with Crippen LogP contribution < -0.4 is 10.2 Å². The normalized spacial score (nSPS) is 20.3. The van der Waals surface area contributed by atoms with Crippen molar-refractivity contribution in [2.45, 2.75) is 44.9 Å². The minimum Gasteiger partial charge on any atom is -0.365 e. The first-order valence-corrected chi connectivity index (χ1v) is 8.57. The van der Waals surface area contributed by atoms with Gasteiger partial charge in [-0.15, -0.1) is 0 Å². The average Bonchev–Trinajstić information content (AvgIpc) is 3.08. The quantitative estimate of drug-likeness (QED) is 0.917. The number of hydrogen-bond acceptors (Lipinski definition) is 4. The highest BCUT2D eigenvalue weighted by atomic mass is 16.5. The van der Waals surface area contributed by atoms with Crippen LogP contribution >= 0.6 is 0 Å². The molecule has 5 nitrogen and oxygen atoms in total. The summed E-state index contributed by atoms with van der Waals surface area (Å²) < 4.78 is 5.78. The number of carbonyl (C=O) groups excluding carboxylic acids is 1. The highest BCUT2D eigenvalue weighted by molar-refractivity contribution is 5.85. The average molecular weight is 327 g/mol. The summed E-state index contributed by atoms with van der Waals surface area (Å²) in [4.78, 5) is 19.0. The van der Waals surface area contributed by atoms with Crippen LogP contribution in [0.2, 0.25) is 0 Å². The third-order valence-electron chi connectivity index (χ3n) is 4.55. The molecule has 5 heteroatoms. The van der Waals surface area contributed by atoms with Crippen molar-refractivity contribution in [3.05, 3.63) is 35.9 Å². The maximum Gasteiger partial charge on any atom is 0.249 e. The number of rotatable bonds is 5. The Labute approximate surface area is 143 Å². The lowest BCUT2D eigenvalue weighted by Gasteiger charge is -2.17. The largest absolute Gasteiger partial charge is 0.365 e. The number of aromatic nitrogens is 1. The van der Waals surface area contributed by atoms with Gasteiger partial charge in [-0.1, -0.05) is 25.1 Å². The molecule has 0 radical (unpaired) electrons. The van der Waals surface area contributed by atoms with Crippen LogP contribution in [0.5, 0.6) is 0 Å². The van der Waals surface area contributed by atoms with Gasteiger partial charge < -0.3 is 15.0 Å². The summed E-state index contributed by atoms with van der Waals surface area (Å²) in [6, 6.07) is 10.1. The van der Waals surface area contributed by atoms with Crippen molar-refractivity contribution in [3.63, 3.8) is 0 Å². The van der Waals surface area contributed by atoms with Crippen molar-refractivity contribution in [1.29, 1.82) is 0 Å². The summed E-state index contributed by atoms with van der Waals surface area (Å²) in [6.07, 6.45) is 2.66. The van der Waals surface area contributed by atoms with Crippen LogP contribution in [0.15, 0.2) is 30.3 Å². The third kappa shape index (κ3) is 3.51. The number of para-hydroxylation sites is 1. The molecule has 128 valence electrons.